The average Bonchev–Trinajstić information content (AvgIpc) is 3.40. The molecular weight excluding hydrogens is 384 g/mol. The molecule has 0 unspecified atom stereocenters. The molecule has 2 aromatic heterocycles. The highest BCUT2D eigenvalue weighted by atomic mass is 16.5. The minimum absolute atomic E-state index is 0.00513. The summed E-state index contributed by atoms with van der Waals surface area (Å²) in [7, 11) is 1.58. The number of ether oxygens (including phenoxy) is 3. The van der Waals surface area contributed by atoms with E-state index in [1.165, 1.54) is 6.33 Å². The van der Waals surface area contributed by atoms with E-state index in [1.807, 2.05) is 36.5 Å². The Hall–Kier alpha value is -3.81. The molecule has 8 nitrogen and oxygen atoms in total. The Morgan fingerprint density at radius 1 is 1.13 bits per heavy atom. The molecule has 1 aliphatic rings. The average molecular weight is 404 g/mol. The zero-order valence-electron chi connectivity index (χ0n) is 16.3. The van der Waals surface area contributed by atoms with Crippen LogP contribution in [0.3, 0.4) is 0 Å². The van der Waals surface area contributed by atoms with E-state index >= 15 is 0 Å². The number of nitrogens with one attached hydrogen (secondary N) is 2. The van der Waals surface area contributed by atoms with Crippen molar-refractivity contribution in [3.8, 4) is 23.1 Å². The highest BCUT2D eigenvalue weighted by Crippen LogP contribution is 2.36. The van der Waals surface area contributed by atoms with Gasteiger partial charge in [0.2, 0.25) is 11.8 Å². The van der Waals surface area contributed by atoms with Crippen molar-refractivity contribution < 1.29 is 19.0 Å². The van der Waals surface area contributed by atoms with Crippen LogP contribution in [0.25, 0.3) is 21.8 Å². The lowest BCUT2D eigenvalue weighted by molar-refractivity contribution is -0.119. The first-order valence-electron chi connectivity index (χ1n) is 9.69. The normalized spacial score (nSPS) is 16.0. The predicted molar refractivity (Wildman–Crippen MR) is 111 cm³/mol. The zero-order chi connectivity index (χ0) is 20.5. The molecule has 0 saturated carbocycles. The first kappa shape index (κ1) is 18.2. The van der Waals surface area contributed by atoms with Crippen molar-refractivity contribution in [1.82, 2.24) is 20.3 Å². The summed E-state index contributed by atoms with van der Waals surface area (Å²) in [5.41, 5.74) is 1.71. The van der Waals surface area contributed by atoms with Crippen molar-refractivity contribution in [3.05, 3.63) is 48.9 Å². The molecule has 1 saturated heterocycles. The van der Waals surface area contributed by atoms with Crippen LogP contribution >= 0.6 is 0 Å². The summed E-state index contributed by atoms with van der Waals surface area (Å²) in [4.78, 5) is 23.2. The summed E-state index contributed by atoms with van der Waals surface area (Å²) < 4.78 is 17.5. The summed E-state index contributed by atoms with van der Waals surface area (Å²) in [6, 6.07) is 11.4. The molecule has 1 fully saturated rings. The van der Waals surface area contributed by atoms with Gasteiger partial charge in [0.25, 0.3) is 0 Å². The van der Waals surface area contributed by atoms with Gasteiger partial charge in [-0.2, -0.15) is 0 Å². The number of benzene rings is 2. The fourth-order valence-corrected chi connectivity index (χ4v) is 3.59. The Morgan fingerprint density at radius 2 is 2.07 bits per heavy atom. The van der Waals surface area contributed by atoms with Crippen LogP contribution in [-0.2, 0) is 4.79 Å². The third kappa shape index (κ3) is 3.47. The van der Waals surface area contributed by atoms with Gasteiger partial charge in [-0.3, -0.25) is 4.79 Å². The highest BCUT2D eigenvalue weighted by Gasteiger charge is 2.22. The van der Waals surface area contributed by atoms with Gasteiger partial charge in [-0.1, -0.05) is 0 Å². The van der Waals surface area contributed by atoms with Crippen molar-refractivity contribution in [2.45, 2.75) is 18.9 Å². The number of aromatic amines is 1. The second-order valence-electron chi connectivity index (χ2n) is 7.14. The van der Waals surface area contributed by atoms with Crippen LogP contribution in [0, 0.1) is 0 Å². The van der Waals surface area contributed by atoms with E-state index in [0.29, 0.717) is 47.1 Å². The third-order valence-electron chi connectivity index (χ3n) is 5.15. The summed E-state index contributed by atoms with van der Waals surface area (Å²) in [5, 5.41) is 4.66. The Kier molecular flexibility index (Phi) is 4.59. The molecule has 0 bridgehead atoms. The molecule has 0 spiro atoms. The maximum atomic E-state index is 11.4. The zero-order valence-corrected chi connectivity index (χ0v) is 16.3. The number of amides is 1. The molecule has 5 rings (SSSR count). The molecule has 3 heterocycles. The number of methoxy groups -OCH3 is 1. The minimum Gasteiger partial charge on any atom is -0.493 e. The maximum Gasteiger partial charge on any atom is 0.230 e. The lowest BCUT2D eigenvalue weighted by Gasteiger charge is -2.15. The largest absolute Gasteiger partial charge is 0.493 e. The van der Waals surface area contributed by atoms with Crippen molar-refractivity contribution in [1.29, 1.82) is 0 Å². The van der Waals surface area contributed by atoms with Crippen LogP contribution in [0.15, 0.2) is 48.9 Å². The number of fused-ring (bicyclic) bond motifs is 2. The standard InChI is InChI=1S/C22H20N4O4/c1-28-19-9-16-18(10-20(19)29-11-14-2-5-21(27)26-14)24-12-25-22(16)30-15-3-4-17-13(8-15)6-7-23-17/h3-4,6-10,12,14,23H,2,5,11H2,1H3,(H,26,27)/t14-/m1/s1. The fraction of sp³-hybridized carbons (Fsp3) is 0.227. The quantitative estimate of drug-likeness (QED) is 0.510. The summed E-state index contributed by atoms with van der Waals surface area (Å²) >= 11 is 0. The number of carbonyl (C=O) groups excluding carboxylic acids is 1. The van der Waals surface area contributed by atoms with Crippen LogP contribution in [0.2, 0.25) is 0 Å². The van der Waals surface area contributed by atoms with E-state index < -0.39 is 0 Å². The second kappa shape index (κ2) is 7.55. The lowest BCUT2D eigenvalue weighted by atomic mass is 10.2. The van der Waals surface area contributed by atoms with Crippen molar-refractivity contribution in [2.75, 3.05) is 13.7 Å². The van der Waals surface area contributed by atoms with E-state index in [2.05, 4.69) is 20.3 Å². The smallest absolute Gasteiger partial charge is 0.230 e. The van der Waals surface area contributed by atoms with Crippen molar-refractivity contribution in [2.24, 2.45) is 0 Å². The molecule has 1 aliphatic heterocycles. The SMILES string of the molecule is COc1cc2c(Oc3ccc4[nH]ccc4c3)ncnc2cc1OC[C@H]1CCC(=O)N1. The molecule has 8 heteroatoms. The first-order chi connectivity index (χ1) is 14.7. The number of carbonyl (C=O) groups is 1. The number of hydrogen-bond acceptors (Lipinski definition) is 6. The fourth-order valence-electron chi connectivity index (χ4n) is 3.59. The number of hydrogen-bond donors (Lipinski definition) is 2. The van der Waals surface area contributed by atoms with E-state index in [-0.39, 0.29) is 11.9 Å². The van der Waals surface area contributed by atoms with Crippen molar-refractivity contribution in [3.63, 3.8) is 0 Å². The number of rotatable bonds is 6. The summed E-state index contributed by atoms with van der Waals surface area (Å²) in [6.07, 6.45) is 4.64. The molecular formula is C22H20N4O4. The van der Waals surface area contributed by atoms with Crippen LogP contribution < -0.4 is 19.5 Å². The molecule has 152 valence electrons. The molecule has 2 aromatic carbocycles. The molecule has 30 heavy (non-hydrogen) atoms. The number of nitrogens with zero attached hydrogens (tertiary/aromatic N) is 2. The highest BCUT2D eigenvalue weighted by molar-refractivity contribution is 5.87. The van der Waals surface area contributed by atoms with Crippen LogP contribution in [0.4, 0.5) is 0 Å². The van der Waals surface area contributed by atoms with Crippen LogP contribution in [-0.4, -0.2) is 40.6 Å². The van der Waals surface area contributed by atoms with Gasteiger partial charge in [-0.25, -0.2) is 9.97 Å². The Labute approximate surface area is 172 Å². The lowest BCUT2D eigenvalue weighted by Crippen LogP contribution is -2.30. The van der Waals surface area contributed by atoms with Crippen LogP contribution in [0.1, 0.15) is 12.8 Å². The monoisotopic (exact) mass is 404 g/mol. The Bertz CT molecular complexity index is 1240. The van der Waals surface area contributed by atoms with Gasteiger partial charge < -0.3 is 24.5 Å². The van der Waals surface area contributed by atoms with E-state index in [9.17, 15) is 4.79 Å². The predicted octanol–water partition coefficient (Wildman–Crippen LogP) is 3.57. The molecule has 1 atom stereocenters. The van der Waals surface area contributed by atoms with Gasteiger partial charge in [-0.15, -0.1) is 0 Å². The topological polar surface area (TPSA) is 98.4 Å². The molecule has 4 aromatic rings. The second-order valence-corrected chi connectivity index (χ2v) is 7.14. The van der Waals surface area contributed by atoms with Gasteiger partial charge in [0, 0.05) is 29.6 Å². The van der Waals surface area contributed by atoms with Gasteiger partial charge in [-0.05, 0) is 36.8 Å². The van der Waals surface area contributed by atoms with Crippen LogP contribution in [0.5, 0.6) is 23.1 Å². The molecule has 0 radical (unpaired) electrons. The van der Waals surface area contributed by atoms with Crippen molar-refractivity contribution >= 4 is 27.7 Å². The Balaban J connectivity index is 1.44. The van der Waals surface area contributed by atoms with E-state index in [1.54, 1.807) is 13.2 Å². The third-order valence-corrected chi connectivity index (χ3v) is 5.15. The van der Waals surface area contributed by atoms with E-state index in [4.69, 9.17) is 14.2 Å². The summed E-state index contributed by atoms with van der Waals surface area (Å²) in [6.45, 7) is 0.374. The van der Waals surface area contributed by atoms with Gasteiger partial charge in [0.1, 0.15) is 18.7 Å². The molecule has 2 N–H and O–H groups in total. The molecule has 0 aliphatic carbocycles. The van der Waals surface area contributed by atoms with Gasteiger partial charge >= 0.3 is 0 Å². The first-order valence-corrected chi connectivity index (χ1v) is 9.69. The van der Waals surface area contributed by atoms with Gasteiger partial charge in [0.05, 0.1) is 24.1 Å². The van der Waals surface area contributed by atoms with E-state index in [0.717, 1.165) is 17.3 Å². The summed E-state index contributed by atoms with van der Waals surface area (Å²) in [5.74, 6) is 2.28. The minimum atomic E-state index is 0.00513. The number of aromatic nitrogens is 3. The van der Waals surface area contributed by atoms with Gasteiger partial charge in [0.15, 0.2) is 11.5 Å². The number of H-pyrrole nitrogens is 1. The Morgan fingerprint density at radius 3 is 2.90 bits per heavy atom. The molecule has 1 amide bonds. The maximum absolute atomic E-state index is 11.4.